The van der Waals surface area contributed by atoms with E-state index in [1.807, 2.05) is 0 Å². The molecule has 0 aliphatic heterocycles. The first kappa shape index (κ1) is 7.56. The van der Waals surface area contributed by atoms with Crippen LogP contribution in [-0.2, 0) is 0 Å². The van der Waals surface area contributed by atoms with Gasteiger partial charge in [0.2, 0.25) is 0 Å². The fraction of sp³-hybridized carbons (Fsp3) is 1.00. The molecule has 8 heavy (non-hydrogen) atoms. The van der Waals surface area contributed by atoms with Crippen molar-refractivity contribution >= 4 is 58.0 Å². The van der Waals surface area contributed by atoms with Gasteiger partial charge in [-0.25, -0.2) is 0 Å². The Morgan fingerprint density at radius 3 is 1.75 bits per heavy atom. The van der Waals surface area contributed by atoms with E-state index in [1.165, 1.54) is 0 Å². The van der Waals surface area contributed by atoms with Crippen LogP contribution in [0.5, 0.6) is 0 Å². The van der Waals surface area contributed by atoms with E-state index in [9.17, 15) is 0 Å². The van der Waals surface area contributed by atoms with E-state index < -0.39 is 8.60 Å². The summed E-state index contributed by atoms with van der Waals surface area (Å²) in [6.45, 7) is 0. The van der Waals surface area contributed by atoms with Gasteiger partial charge in [0.15, 0.2) is 3.79 Å². The van der Waals surface area contributed by atoms with Crippen LogP contribution < -0.4 is 0 Å². The zero-order chi connectivity index (χ0) is 7.71. The Kier molecular flexibility index (Phi) is 3.38. The normalized spacial score (nSPS) is 15.9. The SMILES string of the molecule is [2H]C(Cl)(Cl)CC(Cl)(Cl)Cl. The molecule has 0 N–H and O–H groups in total. The topological polar surface area (TPSA) is 0 Å². The quantitative estimate of drug-likeness (QED) is 0.589. The molecule has 0 amide bonds. The molecule has 0 atom stereocenters. The summed E-state index contributed by atoms with van der Waals surface area (Å²) >= 11 is 26.2. The first-order valence-corrected chi connectivity index (χ1v) is 3.54. The second-order valence-corrected chi connectivity index (χ2v) is 4.75. The summed E-state index contributed by atoms with van der Waals surface area (Å²) in [6.07, 6.45) is -0.215. The Labute approximate surface area is 74.4 Å². The molecule has 0 spiro atoms. The van der Waals surface area contributed by atoms with E-state index in [1.54, 1.807) is 0 Å². The molecule has 0 aromatic carbocycles. The van der Waals surface area contributed by atoms with Crippen molar-refractivity contribution in [3.05, 3.63) is 0 Å². The Balaban J connectivity index is 3.75. The van der Waals surface area contributed by atoms with Crippen LogP contribution >= 0.6 is 58.0 Å². The van der Waals surface area contributed by atoms with E-state index in [0.717, 1.165) is 0 Å². The van der Waals surface area contributed by atoms with Crippen molar-refractivity contribution in [3.8, 4) is 0 Å². The predicted molar refractivity (Wildman–Crippen MR) is 40.4 cm³/mol. The average molecular weight is 217 g/mol. The van der Waals surface area contributed by atoms with Crippen molar-refractivity contribution in [1.82, 2.24) is 0 Å². The lowest BCUT2D eigenvalue weighted by atomic mass is 10.5. The fourth-order valence-corrected chi connectivity index (χ4v) is 1.36. The van der Waals surface area contributed by atoms with Crippen LogP contribution in [0, 0.1) is 0 Å². The standard InChI is InChI=1S/C3H3Cl5/c4-2(5)1-3(6,7)8/h2H,1H2/i2D. The highest BCUT2D eigenvalue weighted by molar-refractivity contribution is 6.68. The molecule has 0 rings (SSSR count). The molecular formula is C3H3Cl5. The maximum atomic E-state index is 6.86. The van der Waals surface area contributed by atoms with Crippen molar-refractivity contribution in [3.63, 3.8) is 0 Å². The van der Waals surface area contributed by atoms with Crippen LogP contribution in [0.1, 0.15) is 7.79 Å². The molecule has 0 fully saturated rings. The molecule has 0 heterocycles. The van der Waals surface area contributed by atoms with E-state index >= 15 is 0 Å². The van der Waals surface area contributed by atoms with Gasteiger partial charge in [-0.2, -0.15) is 0 Å². The second kappa shape index (κ2) is 3.58. The van der Waals surface area contributed by atoms with Gasteiger partial charge in [-0.3, -0.25) is 0 Å². The largest absolute Gasteiger partial charge is 0.193 e. The minimum absolute atomic E-state index is 0.215. The van der Waals surface area contributed by atoms with Gasteiger partial charge in [0.1, 0.15) is 4.81 Å². The van der Waals surface area contributed by atoms with E-state index in [2.05, 4.69) is 0 Å². The molecule has 0 nitrogen and oxygen atoms in total. The van der Waals surface area contributed by atoms with Gasteiger partial charge in [-0.05, 0) is 0 Å². The zero-order valence-electron chi connectivity index (χ0n) is 4.60. The Morgan fingerprint density at radius 2 is 1.75 bits per heavy atom. The van der Waals surface area contributed by atoms with Crippen LogP contribution in [0.25, 0.3) is 0 Å². The molecule has 0 aliphatic rings. The van der Waals surface area contributed by atoms with Crippen molar-refractivity contribution < 1.29 is 1.37 Å². The monoisotopic (exact) mass is 215 g/mol. The van der Waals surface area contributed by atoms with Gasteiger partial charge in [0.05, 0.1) is 1.37 Å². The summed E-state index contributed by atoms with van der Waals surface area (Å²) in [7, 11) is 0. The van der Waals surface area contributed by atoms with Gasteiger partial charge in [-0.1, -0.05) is 34.8 Å². The molecule has 0 unspecified atom stereocenters. The highest BCUT2D eigenvalue weighted by Crippen LogP contribution is 2.33. The predicted octanol–water partition coefficient (Wildman–Crippen LogP) is 3.55. The maximum absolute atomic E-state index is 6.86. The van der Waals surface area contributed by atoms with Crippen LogP contribution in [0.15, 0.2) is 0 Å². The zero-order valence-corrected chi connectivity index (χ0v) is 7.38. The number of hydrogen-bond acceptors (Lipinski definition) is 0. The average Bonchev–Trinajstić information content (AvgIpc) is 1.14. The third-order valence-corrected chi connectivity index (χ3v) is 1.00. The summed E-state index contributed by atoms with van der Waals surface area (Å²) in [5.41, 5.74) is 0. The van der Waals surface area contributed by atoms with Crippen LogP contribution in [0.3, 0.4) is 0 Å². The van der Waals surface area contributed by atoms with Crippen molar-refractivity contribution in [2.75, 3.05) is 0 Å². The molecular weight excluding hydrogens is 213 g/mol. The summed E-state index contributed by atoms with van der Waals surface area (Å²) in [6, 6.07) is 0. The van der Waals surface area contributed by atoms with E-state index in [4.69, 9.17) is 59.4 Å². The molecule has 5 heteroatoms. The van der Waals surface area contributed by atoms with Crippen LogP contribution in [0.2, 0.25) is 0 Å². The third-order valence-electron chi connectivity index (χ3n) is 0.334. The fourth-order valence-electron chi connectivity index (χ4n) is 0.152. The molecule has 0 saturated carbocycles. The summed E-state index contributed by atoms with van der Waals surface area (Å²) in [5.74, 6) is 0. The van der Waals surface area contributed by atoms with Gasteiger partial charge >= 0.3 is 0 Å². The van der Waals surface area contributed by atoms with Crippen LogP contribution in [0.4, 0.5) is 0 Å². The number of hydrogen-bond donors (Lipinski definition) is 0. The van der Waals surface area contributed by atoms with E-state index in [-0.39, 0.29) is 6.42 Å². The molecule has 0 aliphatic carbocycles. The smallest absolute Gasteiger partial charge is 0.105 e. The molecule has 0 radical (unpaired) electrons. The molecule has 0 bridgehead atoms. The molecule has 50 valence electrons. The first-order valence-electron chi connectivity index (χ1n) is 2.15. The lowest BCUT2D eigenvalue weighted by Crippen LogP contribution is -2.06. The number of rotatable bonds is 1. The molecule has 0 saturated heterocycles. The van der Waals surface area contributed by atoms with Gasteiger partial charge in [-0.15, -0.1) is 23.2 Å². The molecule has 0 aromatic heterocycles. The van der Waals surface area contributed by atoms with Crippen molar-refractivity contribution in [1.29, 1.82) is 0 Å². The summed E-state index contributed by atoms with van der Waals surface area (Å²) in [5, 5.41) is 0. The second-order valence-electron chi connectivity index (χ2n) is 1.13. The number of halogens is 5. The van der Waals surface area contributed by atoms with Gasteiger partial charge < -0.3 is 0 Å². The van der Waals surface area contributed by atoms with Gasteiger partial charge in [0, 0.05) is 6.42 Å². The molecule has 0 aromatic rings. The van der Waals surface area contributed by atoms with Gasteiger partial charge in [0.25, 0.3) is 0 Å². The van der Waals surface area contributed by atoms with E-state index in [0.29, 0.717) is 0 Å². The highest BCUT2D eigenvalue weighted by Gasteiger charge is 2.22. The maximum Gasteiger partial charge on any atom is 0.193 e. The van der Waals surface area contributed by atoms with Crippen molar-refractivity contribution in [2.24, 2.45) is 0 Å². The summed E-state index contributed by atoms with van der Waals surface area (Å²) < 4.78 is 5.31. The van der Waals surface area contributed by atoms with Crippen molar-refractivity contribution in [2.45, 2.75) is 15.0 Å². The minimum atomic E-state index is -1.72. The van der Waals surface area contributed by atoms with Crippen LogP contribution in [-0.4, -0.2) is 8.60 Å². The Bertz CT molecular complexity index is 77.4. The lowest BCUT2D eigenvalue weighted by Gasteiger charge is -2.09. The summed E-state index contributed by atoms with van der Waals surface area (Å²) in [4.78, 5) is -1.72. The lowest BCUT2D eigenvalue weighted by molar-refractivity contribution is 0.938. The third kappa shape index (κ3) is 7.45. The first-order chi connectivity index (χ1) is 3.71. The minimum Gasteiger partial charge on any atom is -0.105 e. The Hall–Kier alpha value is 1.45. The number of alkyl halides is 5. The highest BCUT2D eigenvalue weighted by atomic mass is 35.6. The Morgan fingerprint density at radius 1 is 1.38 bits per heavy atom.